The first-order valence-corrected chi connectivity index (χ1v) is 8.35. The van der Waals surface area contributed by atoms with E-state index in [1.165, 1.54) is 0 Å². The summed E-state index contributed by atoms with van der Waals surface area (Å²) in [7, 11) is 0. The number of aromatic amines is 1. The van der Waals surface area contributed by atoms with Crippen molar-refractivity contribution in [3.8, 4) is 11.4 Å². The van der Waals surface area contributed by atoms with Gasteiger partial charge in [-0.25, -0.2) is 9.97 Å². The number of aryl methyl sites for hydroxylation is 1. The van der Waals surface area contributed by atoms with Gasteiger partial charge in [0.05, 0.1) is 23.6 Å². The van der Waals surface area contributed by atoms with Crippen LogP contribution in [-0.4, -0.2) is 37.0 Å². The third-order valence-corrected chi connectivity index (χ3v) is 4.59. The van der Waals surface area contributed by atoms with Gasteiger partial charge in [-0.1, -0.05) is 18.2 Å². The van der Waals surface area contributed by atoms with Crippen LogP contribution in [0.25, 0.3) is 11.4 Å². The zero-order valence-electron chi connectivity index (χ0n) is 14.2. The highest BCUT2D eigenvalue weighted by atomic mass is 16.2. The van der Waals surface area contributed by atoms with Gasteiger partial charge < -0.3 is 4.90 Å². The highest BCUT2D eigenvalue weighted by Gasteiger charge is 2.31. The van der Waals surface area contributed by atoms with E-state index in [1.54, 1.807) is 6.20 Å². The number of hydrogen-bond donors (Lipinski definition) is 1. The van der Waals surface area contributed by atoms with Crippen LogP contribution in [-0.2, 0) is 13.0 Å². The van der Waals surface area contributed by atoms with Gasteiger partial charge >= 0.3 is 0 Å². The van der Waals surface area contributed by atoms with E-state index in [4.69, 9.17) is 0 Å². The number of hydrogen-bond acceptors (Lipinski definition) is 4. The Hall–Kier alpha value is -3.02. The molecule has 4 rings (SSSR count). The SMILES string of the molecule is Cc1nc2c(c(-c3ccn[nH]3)n1)C[C@@H](C)N(C(=O)c1ccccc1)C2. The number of amides is 1. The van der Waals surface area contributed by atoms with Gasteiger partial charge in [0.25, 0.3) is 5.91 Å². The van der Waals surface area contributed by atoms with Crippen molar-refractivity contribution in [2.45, 2.75) is 32.9 Å². The Kier molecular flexibility index (Phi) is 3.80. The quantitative estimate of drug-likeness (QED) is 0.782. The number of fused-ring (bicyclic) bond motifs is 1. The summed E-state index contributed by atoms with van der Waals surface area (Å²) in [6.45, 7) is 4.44. The number of aromatic nitrogens is 4. The molecule has 1 N–H and O–H groups in total. The molecule has 6 heteroatoms. The Labute approximate surface area is 145 Å². The molecule has 1 aliphatic heterocycles. The Bertz CT molecular complexity index is 905. The molecule has 0 unspecified atom stereocenters. The minimum atomic E-state index is 0.0399. The van der Waals surface area contributed by atoms with Gasteiger partial charge in [-0.15, -0.1) is 0 Å². The van der Waals surface area contributed by atoms with Gasteiger partial charge in [0.15, 0.2) is 0 Å². The van der Waals surface area contributed by atoms with Crippen molar-refractivity contribution in [1.82, 2.24) is 25.1 Å². The first-order chi connectivity index (χ1) is 12.1. The molecule has 1 aromatic carbocycles. The second kappa shape index (κ2) is 6.12. The minimum Gasteiger partial charge on any atom is -0.330 e. The molecule has 1 atom stereocenters. The van der Waals surface area contributed by atoms with E-state index in [1.807, 2.05) is 48.2 Å². The van der Waals surface area contributed by atoms with Gasteiger partial charge in [0.1, 0.15) is 5.82 Å². The third kappa shape index (κ3) is 2.80. The van der Waals surface area contributed by atoms with Crippen LogP contribution < -0.4 is 0 Å². The number of nitrogens with one attached hydrogen (secondary N) is 1. The first-order valence-electron chi connectivity index (χ1n) is 8.35. The zero-order valence-corrected chi connectivity index (χ0v) is 14.2. The van der Waals surface area contributed by atoms with E-state index < -0.39 is 0 Å². The average Bonchev–Trinajstić information content (AvgIpc) is 3.15. The van der Waals surface area contributed by atoms with Gasteiger partial charge in [0.2, 0.25) is 0 Å². The molecular weight excluding hydrogens is 314 g/mol. The van der Waals surface area contributed by atoms with Gasteiger partial charge in [-0.2, -0.15) is 5.10 Å². The molecule has 0 saturated heterocycles. The topological polar surface area (TPSA) is 74.8 Å². The first kappa shape index (κ1) is 15.5. The fourth-order valence-electron chi connectivity index (χ4n) is 3.35. The van der Waals surface area contributed by atoms with Crippen LogP contribution in [0.4, 0.5) is 0 Å². The summed E-state index contributed by atoms with van der Waals surface area (Å²) in [5.41, 5.74) is 4.49. The van der Waals surface area contributed by atoms with Crippen LogP contribution in [0.1, 0.15) is 34.4 Å². The van der Waals surface area contributed by atoms with E-state index in [0.29, 0.717) is 17.9 Å². The number of carbonyl (C=O) groups excluding carboxylic acids is 1. The number of nitrogens with zero attached hydrogens (tertiary/aromatic N) is 4. The lowest BCUT2D eigenvalue weighted by molar-refractivity contribution is 0.0654. The molecule has 0 bridgehead atoms. The molecule has 0 aliphatic carbocycles. The molecule has 1 amide bonds. The summed E-state index contributed by atoms with van der Waals surface area (Å²) < 4.78 is 0. The van der Waals surface area contributed by atoms with Crippen LogP contribution >= 0.6 is 0 Å². The number of rotatable bonds is 2. The lowest BCUT2D eigenvalue weighted by Crippen LogP contribution is -2.43. The maximum atomic E-state index is 12.9. The summed E-state index contributed by atoms with van der Waals surface area (Å²) in [5.74, 6) is 0.739. The van der Waals surface area contributed by atoms with E-state index in [9.17, 15) is 4.79 Å². The minimum absolute atomic E-state index is 0.0399. The molecule has 25 heavy (non-hydrogen) atoms. The molecule has 1 aliphatic rings. The van der Waals surface area contributed by atoms with Crippen molar-refractivity contribution in [2.75, 3.05) is 0 Å². The largest absolute Gasteiger partial charge is 0.330 e. The summed E-state index contributed by atoms with van der Waals surface area (Å²) >= 11 is 0. The smallest absolute Gasteiger partial charge is 0.254 e. The maximum absolute atomic E-state index is 12.9. The highest BCUT2D eigenvalue weighted by Crippen LogP contribution is 2.30. The summed E-state index contributed by atoms with van der Waals surface area (Å²) in [6.07, 6.45) is 2.44. The molecule has 0 saturated carbocycles. The van der Waals surface area contributed by atoms with Crippen LogP contribution in [0.5, 0.6) is 0 Å². The third-order valence-electron chi connectivity index (χ3n) is 4.59. The summed E-state index contributed by atoms with van der Waals surface area (Å²) in [6, 6.07) is 11.4. The monoisotopic (exact) mass is 333 g/mol. The van der Waals surface area contributed by atoms with Crippen LogP contribution in [0.2, 0.25) is 0 Å². The Morgan fingerprint density at radius 3 is 2.72 bits per heavy atom. The van der Waals surface area contributed by atoms with Crippen molar-refractivity contribution < 1.29 is 4.79 Å². The van der Waals surface area contributed by atoms with Gasteiger partial charge in [-0.3, -0.25) is 9.89 Å². The van der Waals surface area contributed by atoms with Crippen molar-refractivity contribution in [1.29, 1.82) is 0 Å². The van der Waals surface area contributed by atoms with Gasteiger partial charge in [0, 0.05) is 23.4 Å². The zero-order chi connectivity index (χ0) is 17.4. The predicted octanol–water partition coefficient (Wildman–Crippen LogP) is 2.76. The second-order valence-corrected chi connectivity index (χ2v) is 6.37. The predicted molar refractivity (Wildman–Crippen MR) is 93.8 cm³/mol. The normalized spacial score (nSPS) is 16.6. The van der Waals surface area contributed by atoms with Crippen molar-refractivity contribution in [2.24, 2.45) is 0 Å². The van der Waals surface area contributed by atoms with E-state index >= 15 is 0 Å². The Morgan fingerprint density at radius 2 is 2.00 bits per heavy atom. The molecule has 0 spiro atoms. The standard InChI is InChI=1S/C19H19N5O/c1-12-10-15-17(11-24(12)19(25)14-6-4-3-5-7-14)21-13(2)22-18(15)16-8-9-20-23-16/h3-9,12H,10-11H2,1-2H3,(H,20,23)/t12-/m1/s1. The second-order valence-electron chi connectivity index (χ2n) is 6.37. The fourth-order valence-corrected chi connectivity index (χ4v) is 3.35. The van der Waals surface area contributed by atoms with E-state index in [2.05, 4.69) is 27.1 Å². The molecular formula is C19H19N5O. The lowest BCUT2D eigenvalue weighted by Gasteiger charge is -2.35. The molecule has 2 aromatic heterocycles. The molecule has 0 radical (unpaired) electrons. The van der Waals surface area contributed by atoms with Crippen molar-refractivity contribution in [3.63, 3.8) is 0 Å². The summed E-state index contributed by atoms with van der Waals surface area (Å²) in [5, 5.41) is 7.01. The molecule has 6 nitrogen and oxygen atoms in total. The van der Waals surface area contributed by atoms with E-state index in [0.717, 1.165) is 29.1 Å². The Morgan fingerprint density at radius 1 is 1.20 bits per heavy atom. The van der Waals surface area contributed by atoms with Crippen molar-refractivity contribution in [3.05, 3.63) is 65.2 Å². The molecule has 3 aromatic rings. The number of carbonyl (C=O) groups is 1. The highest BCUT2D eigenvalue weighted by molar-refractivity contribution is 5.94. The van der Waals surface area contributed by atoms with Crippen LogP contribution in [0.3, 0.4) is 0 Å². The van der Waals surface area contributed by atoms with Crippen molar-refractivity contribution >= 4 is 5.91 Å². The number of benzene rings is 1. The molecule has 3 heterocycles. The average molecular weight is 333 g/mol. The van der Waals surface area contributed by atoms with Crippen LogP contribution in [0, 0.1) is 6.92 Å². The summed E-state index contributed by atoms with van der Waals surface area (Å²) in [4.78, 5) is 24.0. The lowest BCUT2D eigenvalue weighted by atomic mass is 9.95. The molecule has 0 fully saturated rings. The van der Waals surface area contributed by atoms with Gasteiger partial charge in [-0.05, 0) is 38.5 Å². The fraction of sp³-hybridized carbons (Fsp3) is 0.263. The number of H-pyrrole nitrogens is 1. The van der Waals surface area contributed by atoms with Crippen LogP contribution in [0.15, 0.2) is 42.6 Å². The Balaban J connectivity index is 1.73. The maximum Gasteiger partial charge on any atom is 0.254 e. The molecule has 126 valence electrons. The van der Waals surface area contributed by atoms with E-state index in [-0.39, 0.29) is 11.9 Å².